The van der Waals surface area contributed by atoms with Gasteiger partial charge in [-0.15, -0.1) is 5.10 Å². The van der Waals surface area contributed by atoms with Crippen molar-refractivity contribution in [2.24, 2.45) is 5.73 Å². The second-order valence-electron chi connectivity index (χ2n) is 1.68. The van der Waals surface area contributed by atoms with Gasteiger partial charge in [-0.05, 0) is 5.21 Å². The Morgan fingerprint density at radius 3 is 3.00 bits per heavy atom. The molecular weight excluding hydrogens is 150 g/mol. The van der Waals surface area contributed by atoms with Crippen LogP contribution < -0.4 is 11.2 Å². The van der Waals surface area contributed by atoms with Crippen LogP contribution >= 0.6 is 0 Å². The van der Waals surface area contributed by atoms with Gasteiger partial charge in [0.05, 0.1) is 6.20 Å². The molecule has 0 radical (unpaired) electrons. The van der Waals surface area contributed by atoms with Gasteiger partial charge in [-0.25, -0.2) is 10.2 Å². The number of aromatic nitrogens is 3. The summed E-state index contributed by atoms with van der Waals surface area (Å²) in [5.41, 5.74) is 6.95. The van der Waals surface area contributed by atoms with Crippen molar-refractivity contribution in [3.05, 3.63) is 11.9 Å². The van der Waals surface area contributed by atoms with Crippen molar-refractivity contribution >= 4 is 12.3 Å². The summed E-state index contributed by atoms with van der Waals surface area (Å²) in [6.45, 7) is 0. The molecule has 3 N–H and O–H groups in total. The van der Waals surface area contributed by atoms with Crippen LogP contribution in [0.1, 0.15) is 10.5 Å². The third-order valence-corrected chi connectivity index (χ3v) is 0.857. The number of rotatable bonds is 2. The van der Waals surface area contributed by atoms with Crippen molar-refractivity contribution in [3.8, 4) is 0 Å². The Labute approximate surface area is 61.1 Å². The van der Waals surface area contributed by atoms with E-state index in [0.717, 1.165) is 4.79 Å². The van der Waals surface area contributed by atoms with Crippen molar-refractivity contribution in [3.63, 3.8) is 0 Å². The maximum absolute atomic E-state index is 10.2. The minimum atomic E-state index is -0.771. The van der Waals surface area contributed by atoms with Crippen molar-refractivity contribution in [2.45, 2.75) is 0 Å². The van der Waals surface area contributed by atoms with E-state index in [1.807, 2.05) is 0 Å². The Kier molecular flexibility index (Phi) is 1.81. The summed E-state index contributed by atoms with van der Waals surface area (Å²) in [6, 6.07) is -0.771. The van der Waals surface area contributed by atoms with Gasteiger partial charge in [0.15, 0.2) is 6.29 Å². The quantitative estimate of drug-likeness (QED) is 0.518. The van der Waals surface area contributed by atoms with Crippen molar-refractivity contribution in [2.75, 3.05) is 5.43 Å². The largest absolute Gasteiger partial charge is 0.350 e. The number of aldehydes is 1. The molecule has 0 unspecified atom stereocenters. The standard InChI is InChI=1S/C4H5N5O2/c5-4(11)7-9-1-3(2-10)6-8-9/h1-2H,(H3,5,7,11). The zero-order valence-electron chi connectivity index (χ0n) is 5.39. The van der Waals surface area contributed by atoms with Gasteiger partial charge in [0.2, 0.25) is 0 Å². The van der Waals surface area contributed by atoms with Gasteiger partial charge in [-0.3, -0.25) is 4.79 Å². The summed E-state index contributed by atoms with van der Waals surface area (Å²) in [5.74, 6) is 0. The van der Waals surface area contributed by atoms with Gasteiger partial charge >= 0.3 is 6.03 Å². The smallest absolute Gasteiger partial charge is 0.332 e. The number of hydrogen-bond acceptors (Lipinski definition) is 4. The fourth-order valence-corrected chi connectivity index (χ4v) is 0.498. The van der Waals surface area contributed by atoms with Crippen molar-refractivity contribution < 1.29 is 9.59 Å². The lowest BCUT2D eigenvalue weighted by atomic mass is 10.6. The number of primary amides is 1. The van der Waals surface area contributed by atoms with Crippen molar-refractivity contribution in [1.29, 1.82) is 0 Å². The first-order valence-electron chi connectivity index (χ1n) is 2.66. The number of nitrogens with one attached hydrogen (secondary N) is 1. The molecule has 0 aromatic carbocycles. The van der Waals surface area contributed by atoms with E-state index < -0.39 is 6.03 Å². The van der Waals surface area contributed by atoms with Crippen molar-refractivity contribution in [1.82, 2.24) is 15.1 Å². The number of hydrogen-bond donors (Lipinski definition) is 2. The van der Waals surface area contributed by atoms with E-state index in [1.54, 1.807) is 0 Å². The summed E-state index contributed by atoms with van der Waals surface area (Å²) < 4.78 is 0. The molecule has 11 heavy (non-hydrogen) atoms. The van der Waals surface area contributed by atoms with Gasteiger partial charge < -0.3 is 5.73 Å². The molecule has 1 aromatic heterocycles. The number of urea groups is 1. The molecule has 0 spiro atoms. The van der Waals surface area contributed by atoms with Gasteiger partial charge in [0.25, 0.3) is 0 Å². The van der Waals surface area contributed by atoms with E-state index in [9.17, 15) is 9.59 Å². The topological polar surface area (TPSA) is 103 Å². The average molecular weight is 155 g/mol. The molecule has 0 aliphatic rings. The highest BCUT2D eigenvalue weighted by molar-refractivity contribution is 5.79. The molecule has 0 fully saturated rings. The first-order chi connectivity index (χ1) is 5.22. The molecule has 0 aliphatic heterocycles. The van der Waals surface area contributed by atoms with E-state index >= 15 is 0 Å². The van der Waals surface area contributed by atoms with Gasteiger partial charge in [0.1, 0.15) is 5.69 Å². The van der Waals surface area contributed by atoms with Gasteiger partial charge in [0, 0.05) is 0 Å². The summed E-state index contributed by atoms with van der Waals surface area (Å²) in [4.78, 5) is 21.2. The number of carbonyl (C=O) groups is 2. The van der Waals surface area contributed by atoms with E-state index in [1.165, 1.54) is 6.20 Å². The van der Waals surface area contributed by atoms with Crippen LogP contribution in [0.15, 0.2) is 6.20 Å². The summed E-state index contributed by atoms with van der Waals surface area (Å²) in [7, 11) is 0. The molecule has 2 amide bonds. The molecule has 0 aliphatic carbocycles. The lowest BCUT2D eigenvalue weighted by molar-refractivity contribution is 0.111. The molecule has 1 aromatic rings. The predicted molar refractivity (Wildman–Crippen MR) is 34.4 cm³/mol. The third-order valence-electron chi connectivity index (χ3n) is 0.857. The zero-order valence-corrected chi connectivity index (χ0v) is 5.39. The van der Waals surface area contributed by atoms with Crippen LogP contribution in [0, 0.1) is 0 Å². The molecule has 0 saturated carbocycles. The van der Waals surface area contributed by atoms with Crippen LogP contribution in [-0.4, -0.2) is 27.4 Å². The Balaban J connectivity index is 2.72. The van der Waals surface area contributed by atoms with Crippen LogP contribution in [0.3, 0.4) is 0 Å². The minimum Gasteiger partial charge on any atom is -0.350 e. The maximum atomic E-state index is 10.2. The molecule has 58 valence electrons. The van der Waals surface area contributed by atoms with Gasteiger partial charge in [-0.1, -0.05) is 0 Å². The lowest BCUT2D eigenvalue weighted by Gasteiger charge is -1.95. The normalized spacial score (nSPS) is 9.09. The highest BCUT2D eigenvalue weighted by Gasteiger charge is 1.98. The van der Waals surface area contributed by atoms with E-state index in [-0.39, 0.29) is 5.69 Å². The second kappa shape index (κ2) is 2.78. The zero-order chi connectivity index (χ0) is 8.27. The van der Waals surface area contributed by atoms with Crippen LogP contribution in [0.25, 0.3) is 0 Å². The third kappa shape index (κ3) is 1.75. The maximum Gasteiger partial charge on any atom is 0.332 e. The molecule has 1 rings (SSSR count). The Morgan fingerprint density at radius 1 is 1.82 bits per heavy atom. The monoisotopic (exact) mass is 155 g/mol. The molecule has 7 nitrogen and oxygen atoms in total. The lowest BCUT2D eigenvalue weighted by Crippen LogP contribution is -2.28. The molecule has 0 saturated heterocycles. The highest BCUT2D eigenvalue weighted by atomic mass is 16.2. The fraction of sp³-hybridized carbons (Fsp3) is 0. The number of carbonyl (C=O) groups excluding carboxylic acids is 2. The predicted octanol–water partition coefficient (Wildman–Crippen LogP) is -1.29. The molecular formula is C4H5N5O2. The summed E-state index contributed by atoms with van der Waals surface area (Å²) >= 11 is 0. The Bertz CT molecular complexity index is 280. The van der Waals surface area contributed by atoms with Crippen LogP contribution in [0.2, 0.25) is 0 Å². The number of amides is 2. The first kappa shape index (κ1) is 7.19. The minimum absolute atomic E-state index is 0.124. The highest BCUT2D eigenvalue weighted by Crippen LogP contribution is 1.83. The summed E-state index contributed by atoms with van der Waals surface area (Å²) in [5, 5.41) is 6.71. The number of nitrogens with zero attached hydrogens (tertiary/aromatic N) is 3. The Hall–Kier alpha value is -1.92. The van der Waals surface area contributed by atoms with Crippen LogP contribution in [-0.2, 0) is 0 Å². The second-order valence-corrected chi connectivity index (χ2v) is 1.68. The van der Waals surface area contributed by atoms with Gasteiger partial charge in [-0.2, -0.15) is 4.79 Å². The Morgan fingerprint density at radius 2 is 2.55 bits per heavy atom. The summed E-state index contributed by atoms with van der Waals surface area (Å²) in [6.07, 6.45) is 1.74. The average Bonchev–Trinajstić information content (AvgIpc) is 2.34. The number of nitrogens with two attached hydrogens (primary N) is 1. The van der Waals surface area contributed by atoms with Crippen LogP contribution in [0.4, 0.5) is 4.79 Å². The molecule has 1 heterocycles. The van der Waals surface area contributed by atoms with Crippen LogP contribution in [0.5, 0.6) is 0 Å². The SMILES string of the molecule is NC(=O)Nn1cc(C=O)nn1. The molecule has 7 heteroatoms. The van der Waals surface area contributed by atoms with E-state index in [0.29, 0.717) is 6.29 Å². The van der Waals surface area contributed by atoms with E-state index in [4.69, 9.17) is 5.73 Å². The molecule has 0 bridgehead atoms. The first-order valence-corrected chi connectivity index (χ1v) is 2.66. The molecule has 0 atom stereocenters. The fourth-order valence-electron chi connectivity index (χ4n) is 0.498. The van der Waals surface area contributed by atoms with E-state index in [2.05, 4.69) is 15.7 Å².